The fraction of sp³-hybridized carbons (Fsp3) is 0.462. The predicted octanol–water partition coefficient (Wildman–Crippen LogP) is 1.68. The highest BCUT2D eigenvalue weighted by Gasteiger charge is 2.22. The summed E-state index contributed by atoms with van der Waals surface area (Å²) in [7, 11) is 0. The average Bonchev–Trinajstić information content (AvgIpc) is 2.75. The summed E-state index contributed by atoms with van der Waals surface area (Å²) in [5, 5.41) is 21.2. The SMILES string of the molecule is Nc1cc(C(=O)O)c(F)cc1NCC1CCC(O)C1. The van der Waals surface area contributed by atoms with Crippen LogP contribution in [0.4, 0.5) is 15.8 Å². The molecule has 0 aromatic heterocycles. The number of carbonyl (C=O) groups is 1. The molecule has 1 aromatic rings. The van der Waals surface area contributed by atoms with Crippen LogP contribution >= 0.6 is 0 Å². The molecule has 2 unspecified atom stereocenters. The van der Waals surface area contributed by atoms with Gasteiger partial charge in [-0.1, -0.05) is 0 Å². The van der Waals surface area contributed by atoms with Crippen LogP contribution in [0, 0.1) is 11.7 Å². The summed E-state index contributed by atoms with van der Waals surface area (Å²) in [6.07, 6.45) is 2.18. The quantitative estimate of drug-likeness (QED) is 0.623. The molecule has 0 amide bonds. The van der Waals surface area contributed by atoms with Crippen molar-refractivity contribution in [2.75, 3.05) is 17.6 Å². The zero-order valence-electron chi connectivity index (χ0n) is 10.4. The monoisotopic (exact) mass is 268 g/mol. The third-order valence-corrected chi connectivity index (χ3v) is 3.46. The molecule has 0 aliphatic heterocycles. The summed E-state index contributed by atoms with van der Waals surface area (Å²) in [4.78, 5) is 10.7. The Labute approximate surface area is 110 Å². The van der Waals surface area contributed by atoms with Crippen LogP contribution in [-0.2, 0) is 0 Å². The molecular formula is C13H17FN2O3. The van der Waals surface area contributed by atoms with Gasteiger partial charge in [-0.05, 0) is 37.3 Å². The van der Waals surface area contributed by atoms with E-state index in [1.165, 1.54) is 0 Å². The first kappa shape index (κ1) is 13.6. The molecule has 5 nitrogen and oxygen atoms in total. The van der Waals surface area contributed by atoms with E-state index in [-0.39, 0.29) is 11.8 Å². The van der Waals surface area contributed by atoms with Gasteiger partial charge < -0.3 is 21.3 Å². The second-order valence-electron chi connectivity index (χ2n) is 4.94. The lowest BCUT2D eigenvalue weighted by molar-refractivity contribution is 0.0692. The molecule has 1 aliphatic carbocycles. The van der Waals surface area contributed by atoms with Gasteiger partial charge >= 0.3 is 5.97 Å². The van der Waals surface area contributed by atoms with Crippen molar-refractivity contribution in [2.24, 2.45) is 5.92 Å². The van der Waals surface area contributed by atoms with Crippen molar-refractivity contribution in [3.8, 4) is 0 Å². The van der Waals surface area contributed by atoms with Gasteiger partial charge in [0.25, 0.3) is 0 Å². The van der Waals surface area contributed by atoms with Crippen LogP contribution in [0.5, 0.6) is 0 Å². The topological polar surface area (TPSA) is 95.6 Å². The van der Waals surface area contributed by atoms with Gasteiger partial charge in [-0.2, -0.15) is 0 Å². The van der Waals surface area contributed by atoms with Crippen molar-refractivity contribution in [1.82, 2.24) is 0 Å². The third kappa shape index (κ3) is 3.14. The Morgan fingerprint density at radius 3 is 2.79 bits per heavy atom. The van der Waals surface area contributed by atoms with Gasteiger partial charge in [0.2, 0.25) is 0 Å². The number of nitrogens with one attached hydrogen (secondary N) is 1. The second-order valence-corrected chi connectivity index (χ2v) is 4.94. The lowest BCUT2D eigenvalue weighted by atomic mass is 10.1. The molecule has 6 heteroatoms. The van der Waals surface area contributed by atoms with Gasteiger partial charge in [-0.15, -0.1) is 0 Å². The summed E-state index contributed by atoms with van der Waals surface area (Å²) >= 11 is 0. The molecule has 0 spiro atoms. The van der Waals surface area contributed by atoms with Gasteiger partial charge in [0, 0.05) is 6.54 Å². The van der Waals surface area contributed by atoms with Crippen molar-refractivity contribution in [1.29, 1.82) is 0 Å². The number of hydrogen-bond acceptors (Lipinski definition) is 4. The minimum Gasteiger partial charge on any atom is -0.478 e. The standard InChI is InChI=1S/C13H17FN2O3/c14-10-5-12(11(15)4-9(10)13(18)19)16-6-7-1-2-8(17)3-7/h4-5,7-8,16-17H,1-3,6,15H2,(H,18,19). The maximum Gasteiger partial charge on any atom is 0.338 e. The maximum absolute atomic E-state index is 13.5. The van der Waals surface area contributed by atoms with Gasteiger partial charge in [-0.25, -0.2) is 9.18 Å². The first-order chi connectivity index (χ1) is 8.97. The number of benzene rings is 1. The van der Waals surface area contributed by atoms with E-state index in [1.807, 2.05) is 0 Å². The number of aliphatic hydroxyl groups excluding tert-OH is 1. The third-order valence-electron chi connectivity index (χ3n) is 3.46. The summed E-state index contributed by atoms with van der Waals surface area (Å²) in [6, 6.07) is 2.22. The van der Waals surface area contributed by atoms with E-state index in [9.17, 15) is 14.3 Å². The van der Waals surface area contributed by atoms with Crippen LogP contribution in [0.15, 0.2) is 12.1 Å². The number of carboxylic acid groups (broad SMARTS) is 1. The van der Waals surface area contributed by atoms with Crippen LogP contribution in [0.25, 0.3) is 0 Å². The number of aromatic carboxylic acids is 1. The number of hydrogen-bond donors (Lipinski definition) is 4. The highest BCUT2D eigenvalue weighted by Crippen LogP contribution is 2.28. The minimum absolute atomic E-state index is 0.206. The first-order valence-corrected chi connectivity index (χ1v) is 6.21. The van der Waals surface area contributed by atoms with E-state index in [0.717, 1.165) is 31.4 Å². The Hall–Kier alpha value is -1.82. The summed E-state index contributed by atoms with van der Waals surface area (Å²) < 4.78 is 13.5. The van der Waals surface area contributed by atoms with E-state index in [0.29, 0.717) is 18.2 Å². The number of nitrogens with two attached hydrogens (primary N) is 1. The van der Waals surface area contributed by atoms with Crippen LogP contribution in [0.3, 0.4) is 0 Å². The molecule has 0 heterocycles. The minimum atomic E-state index is -1.34. The molecule has 0 bridgehead atoms. The summed E-state index contributed by atoms with van der Waals surface area (Å²) in [6.45, 7) is 0.590. The van der Waals surface area contributed by atoms with Crippen molar-refractivity contribution in [3.05, 3.63) is 23.5 Å². The number of nitrogen functional groups attached to an aromatic ring is 1. The predicted molar refractivity (Wildman–Crippen MR) is 69.6 cm³/mol. The first-order valence-electron chi connectivity index (χ1n) is 6.21. The van der Waals surface area contributed by atoms with Crippen LogP contribution in [-0.4, -0.2) is 28.8 Å². The summed E-state index contributed by atoms with van der Waals surface area (Å²) in [5.74, 6) is -1.82. The zero-order chi connectivity index (χ0) is 14.0. The molecule has 1 aliphatic rings. The van der Waals surface area contributed by atoms with Gasteiger partial charge in [0.15, 0.2) is 0 Å². The van der Waals surface area contributed by atoms with E-state index < -0.39 is 17.3 Å². The smallest absolute Gasteiger partial charge is 0.338 e. The molecule has 2 rings (SSSR count). The Kier molecular flexibility index (Phi) is 3.90. The number of aliphatic hydroxyl groups is 1. The Morgan fingerprint density at radius 2 is 2.21 bits per heavy atom. The van der Waals surface area contributed by atoms with E-state index in [4.69, 9.17) is 10.8 Å². The molecule has 1 fully saturated rings. The van der Waals surface area contributed by atoms with E-state index in [1.54, 1.807) is 0 Å². The molecule has 0 radical (unpaired) electrons. The van der Waals surface area contributed by atoms with E-state index in [2.05, 4.69) is 5.32 Å². The lowest BCUT2D eigenvalue weighted by Crippen LogP contribution is -2.14. The van der Waals surface area contributed by atoms with Gasteiger partial charge in [0.05, 0.1) is 23.0 Å². The molecule has 19 heavy (non-hydrogen) atoms. The number of halogens is 1. The largest absolute Gasteiger partial charge is 0.478 e. The molecule has 2 atom stereocenters. The van der Waals surface area contributed by atoms with Crippen molar-refractivity contribution >= 4 is 17.3 Å². The Balaban J connectivity index is 2.04. The molecule has 1 saturated carbocycles. The van der Waals surface area contributed by atoms with Crippen LogP contribution in [0.1, 0.15) is 29.6 Å². The molecular weight excluding hydrogens is 251 g/mol. The van der Waals surface area contributed by atoms with Crippen LogP contribution < -0.4 is 11.1 Å². The number of anilines is 2. The second kappa shape index (κ2) is 5.44. The Bertz CT molecular complexity index is 493. The lowest BCUT2D eigenvalue weighted by Gasteiger charge is -2.14. The van der Waals surface area contributed by atoms with Crippen molar-refractivity contribution in [3.63, 3.8) is 0 Å². The highest BCUT2D eigenvalue weighted by atomic mass is 19.1. The molecule has 1 aromatic carbocycles. The van der Waals surface area contributed by atoms with Crippen molar-refractivity contribution < 1.29 is 19.4 Å². The zero-order valence-corrected chi connectivity index (χ0v) is 10.4. The highest BCUT2D eigenvalue weighted by molar-refractivity contribution is 5.90. The number of rotatable bonds is 4. The van der Waals surface area contributed by atoms with Crippen molar-refractivity contribution in [2.45, 2.75) is 25.4 Å². The van der Waals surface area contributed by atoms with Crippen LogP contribution in [0.2, 0.25) is 0 Å². The van der Waals surface area contributed by atoms with E-state index >= 15 is 0 Å². The average molecular weight is 268 g/mol. The normalized spacial score (nSPS) is 22.4. The number of carboxylic acids is 1. The maximum atomic E-state index is 13.5. The molecule has 104 valence electrons. The summed E-state index contributed by atoms with van der Waals surface area (Å²) in [5.41, 5.74) is 5.87. The fourth-order valence-electron chi connectivity index (χ4n) is 2.40. The van der Waals surface area contributed by atoms with Gasteiger partial charge in [-0.3, -0.25) is 0 Å². The fourth-order valence-corrected chi connectivity index (χ4v) is 2.40. The Morgan fingerprint density at radius 1 is 1.47 bits per heavy atom. The molecule has 0 saturated heterocycles. The van der Waals surface area contributed by atoms with Gasteiger partial charge in [0.1, 0.15) is 5.82 Å². The molecule has 5 N–H and O–H groups in total.